The zero-order valence-corrected chi connectivity index (χ0v) is 17.1. The Hall–Kier alpha value is -1.92. The van der Waals surface area contributed by atoms with E-state index in [-0.39, 0.29) is 12.1 Å². The van der Waals surface area contributed by atoms with Crippen molar-refractivity contribution in [3.05, 3.63) is 52.8 Å². The SMILES string of the molecule is CCOc1c(Cl)cc([C@H]2[C@H](c3ccccn3)N=C3S[C@@H](C)CN32)cc1OC. The highest BCUT2D eigenvalue weighted by atomic mass is 35.5. The Labute approximate surface area is 168 Å². The van der Waals surface area contributed by atoms with Gasteiger partial charge in [-0.1, -0.05) is 36.4 Å². The van der Waals surface area contributed by atoms with Crippen molar-refractivity contribution in [1.29, 1.82) is 0 Å². The Bertz CT molecular complexity index is 862. The average molecular weight is 404 g/mol. The summed E-state index contributed by atoms with van der Waals surface area (Å²) in [5.41, 5.74) is 2.02. The van der Waals surface area contributed by atoms with Gasteiger partial charge in [-0.3, -0.25) is 9.98 Å². The Kier molecular flexibility index (Phi) is 5.19. The number of pyridine rings is 1. The number of aliphatic imine (C=N–C) groups is 1. The average Bonchev–Trinajstić information content (AvgIpc) is 3.20. The van der Waals surface area contributed by atoms with Gasteiger partial charge in [0.05, 0.1) is 30.5 Å². The molecule has 3 atom stereocenters. The van der Waals surface area contributed by atoms with E-state index in [9.17, 15) is 0 Å². The van der Waals surface area contributed by atoms with Crippen LogP contribution in [0.25, 0.3) is 0 Å². The lowest BCUT2D eigenvalue weighted by Crippen LogP contribution is -2.28. The van der Waals surface area contributed by atoms with Crippen LogP contribution in [0.3, 0.4) is 0 Å². The normalized spacial score (nSPS) is 23.9. The summed E-state index contributed by atoms with van der Waals surface area (Å²) in [6.45, 7) is 5.64. The summed E-state index contributed by atoms with van der Waals surface area (Å²) in [5.74, 6) is 1.23. The summed E-state index contributed by atoms with van der Waals surface area (Å²) in [5, 5.41) is 2.14. The summed E-state index contributed by atoms with van der Waals surface area (Å²) in [4.78, 5) is 11.9. The first-order valence-corrected chi connectivity index (χ1v) is 10.3. The largest absolute Gasteiger partial charge is 0.493 e. The second-order valence-electron chi connectivity index (χ2n) is 6.60. The minimum Gasteiger partial charge on any atom is -0.493 e. The molecule has 1 saturated heterocycles. The summed E-state index contributed by atoms with van der Waals surface area (Å²) in [7, 11) is 1.64. The molecule has 0 spiro atoms. The molecule has 0 amide bonds. The first kappa shape index (κ1) is 18.4. The lowest BCUT2D eigenvalue weighted by Gasteiger charge is -2.28. The van der Waals surface area contributed by atoms with Crippen molar-refractivity contribution < 1.29 is 9.47 Å². The number of thioether (sulfide) groups is 1. The fourth-order valence-electron chi connectivity index (χ4n) is 3.67. The number of fused-ring (bicyclic) bond motifs is 1. The zero-order chi connectivity index (χ0) is 19.0. The predicted molar refractivity (Wildman–Crippen MR) is 110 cm³/mol. The van der Waals surface area contributed by atoms with Crippen LogP contribution in [-0.2, 0) is 0 Å². The summed E-state index contributed by atoms with van der Waals surface area (Å²) in [6.07, 6.45) is 1.82. The maximum absolute atomic E-state index is 6.55. The third kappa shape index (κ3) is 3.36. The lowest BCUT2D eigenvalue weighted by molar-refractivity contribution is 0.304. The highest BCUT2D eigenvalue weighted by molar-refractivity contribution is 8.14. The van der Waals surface area contributed by atoms with Gasteiger partial charge >= 0.3 is 0 Å². The molecule has 1 aromatic carbocycles. The van der Waals surface area contributed by atoms with E-state index in [2.05, 4.69) is 16.8 Å². The second-order valence-corrected chi connectivity index (χ2v) is 8.42. The first-order chi connectivity index (χ1) is 13.1. The minimum atomic E-state index is -0.0695. The lowest BCUT2D eigenvalue weighted by atomic mass is 9.96. The van der Waals surface area contributed by atoms with Crippen LogP contribution in [0.2, 0.25) is 5.02 Å². The molecule has 5 nitrogen and oxygen atoms in total. The molecule has 1 aromatic heterocycles. The van der Waals surface area contributed by atoms with Crippen LogP contribution in [0.4, 0.5) is 0 Å². The monoisotopic (exact) mass is 403 g/mol. The van der Waals surface area contributed by atoms with E-state index in [1.54, 1.807) is 7.11 Å². The molecule has 4 rings (SSSR count). The molecule has 0 N–H and O–H groups in total. The molecule has 7 heteroatoms. The van der Waals surface area contributed by atoms with Crippen LogP contribution < -0.4 is 9.47 Å². The van der Waals surface area contributed by atoms with Gasteiger partial charge in [0.1, 0.15) is 6.04 Å². The molecule has 0 aliphatic carbocycles. The van der Waals surface area contributed by atoms with Crippen molar-refractivity contribution in [1.82, 2.24) is 9.88 Å². The predicted octanol–water partition coefficient (Wildman–Crippen LogP) is 4.73. The maximum Gasteiger partial charge on any atom is 0.179 e. The molecular weight excluding hydrogens is 382 g/mol. The number of aromatic nitrogens is 1. The smallest absolute Gasteiger partial charge is 0.179 e. The van der Waals surface area contributed by atoms with Crippen molar-refractivity contribution in [3.8, 4) is 11.5 Å². The molecule has 2 aliphatic rings. The third-order valence-corrected chi connectivity index (χ3v) is 6.15. The molecule has 1 fully saturated rings. The van der Waals surface area contributed by atoms with Crippen LogP contribution >= 0.6 is 23.4 Å². The number of rotatable bonds is 5. The van der Waals surface area contributed by atoms with Crippen LogP contribution in [0.1, 0.15) is 37.2 Å². The molecule has 0 saturated carbocycles. The van der Waals surface area contributed by atoms with E-state index in [0.717, 1.165) is 23.0 Å². The molecule has 2 aliphatic heterocycles. The first-order valence-electron chi connectivity index (χ1n) is 9.04. The molecule has 3 heterocycles. The van der Waals surface area contributed by atoms with Gasteiger partial charge in [0.25, 0.3) is 0 Å². The standard InChI is InChI=1S/C20H22ClN3O2S/c1-4-26-19-14(21)9-13(10-16(19)25-3)18-17(15-7-5-6-8-22-15)23-20-24(18)11-12(2)27-20/h5-10,12,17-18H,4,11H2,1-3H3/t12-,17-,18-/m0/s1. The van der Waals surface area contributed by atoms with Gasteiger partial charge in [-0.15, -0.1) is 0 Å². The zero-order valence-electron chi connectivity index (χ0n) is 15.6. The number of methoxy groups -OCH3 is 1. The quantitative estimate of drug-likeness (QED) is 0.722. The van der Waals surface area contributed by atoms with Gasteiger partial charge in [0.15, 0.2) is 16.7 Å². The van der Waals surface area contributed by atoms with Crippen molar-refractivity contribution >= 4 is 28.5 Å². The number of nitrogens with zero attached hydrogens (tertiary/aromatic N) is 3. The van der Waals surface area contributed by atoms with Crippen molar-refractivity contribution in [2.75, 3.05) is 20.3 Å². The second kappa shape index (κ2) is 7.60. The molecule has 27 heavy (non-hydrogen) atoms. The Morgan fingerprint density at radius 3 is 2.89 bits per heavy atom. The van der Waals surface area contributed by atoms with Gasteiger partial charge in [-0.05, 0) is 36.8 Å². The number of ether oxygens (including phenoxy) is 2. The van der Waals surface area contributed by atoms with Gasteiger partial charge in [-0.25, -0.2) is 0 Å². The minimum absolute atomic E-state index is 0.0365. The summed E-state index contributed by atoms with van der Waals surface area (Å²) < 4.78 is 11.2. The number of hydrogen-bond donors (Lipinski definition) is 0. The topological polar surface area (TPSA) is 47.0 Å². The number of halogens is 1. The van der Waals surface area contributed by atoms with E-state index in [1.165, 1.54) is 0 Å². The van der Waals surface area contributed by atoms with Crippen LogP contribution in [0.5, 0.6) is 11.5 Å². The Balaban J connectivity index is 1.79. The molecule has 142 valence electrons. The number of amidine groups is 1. The highest BCUT2D eigenvalue weighted by Gasteiger charge is 2.43. The Morgan fingerprint density at radius 1 is 1.33 bits per heavy atom. The van der Waals surface area contributed by atoms with Crippen molar-refractivity contribution in [2.45, 2.75) is 31.2 Å². The van der Waals surface area contributed by atoms with Gasteiger partial charge < -0.3 is 14.4 Å². The van der Waals surface area contributed by atoms with Crippen molar-refractivity contribution in [2.24, 2.45) is 4.99 Å². The highest BCUT2D eigenvalue weighted by Crippen LogP contribution is 2.49. The van der Waals surface area contributed by atoms with Crippen molar-refractivity contribution in [3.63, 3.8) is 0 Å². The Morgan fingerprint density at radius 2 is 2.19 bits per heavy atom. The van der Waals surface area contributed by atoms with E-state index in [4.69, 9.17) is 26.1 Å². The van der Waals surface area contributed by atoms with E-state index in [0.29, 0.717) is 28.4 Å². The summed E-state index contributed by atoms with van der Waals surface area (Å²) >= 11 is 8.37. The van der Waals surface area contributed by atoms with Gasteiger partial charge in [0.2, 0.25) is 0 Å². The molecule has 0 radical (unpaired) electrons. The van der Waals surface area contributed by atoms with Gasteiger partial charge in [0, 0.05) is 18.0 Å². The molecule has 0 unspecified atom stereocenters. The van der Waals surface area contributed by atoms with E-state index >= 15 is 0 Å². The van der Waals surface area contributed by atoms with Crippen LogP contribution in [0.15, 0.2) is 41.5 Å². The molecule has 2 aromatic rings. The van der Waals surface area contributed by atoms with E-state index < -0.39 is 0 Å². The van der Waals surface area contributed by atoms with E-state index in [1.807, 2.05) is 55.2 Å². The van der Waals surface area contributed by atoms with Crippen LogP contribution in [0, 0.1) is 0 Å². The van der Waals surface area contributed by atoms with Gasteiger partial charge in [-0.2, -0.15) is 0 Å². The molecule has 0 bridgehead atoms. The fourth-order valence-corrected chi connectivity index (χ4v) is 5.04. The molecular formula is C20H22ClN3O2S. The number of benzene rings is 1. The summed E-state index contributed by atoms with van der Waals surface area (Å²) in [6, 6.07) is 9.92. The number of hydrogen-bond acceptors (Lipinski definition) is 6. The maximum atomic E-state index is 6.55. The van der Waals surface area contributed by atoms with Crippen LogP contribution in [-0.4, -0.2) is 40.6 Å². The fraction of sp³-hybridized carbons (Fsp3) is 0.400. The third-order valence-electron chi connectivity index (χ3n) is 4.76.